The lowest BCUT2D eigenvalue weighted by Gasteiger charge is -2.20. The van der Waals surface area contributed by atoms with Crippen LogP contribution in [0.1, 0.15) is 380 Å². The predicted octanol–water partition coefficient (Wildman–Crippen LogP) is 21.8. The molecule has 0 spiro atoms. The zero-order valence-electron chi connectivity index (χ0n) is 50.8. The van der Waals surface area contributed by atoms with Crippen molar-refractivity contribution < 1.29 is 24.5 Å². The van der Waals surface area contributed by atoms with E-state index >= 15 is 0 Å². The van der Waals surface area contributed by atoms with Crippen molar-refractivity contribution in [2.24, 2.45) is 0 Å². The molecule has 0 saturated carbocycles. The van der Waals surface area contributed by atoms with Crippen LogP contribution in [0.25, 0.3) is 0 Å². The number of unbranched alkanes of at least 4 members (excludes halogenated alkanes) is 51. The summed E-state index contributed by atoms with van der Waals surface area (Å²) < 4.78 is 5.51. The highest BCUT2D eigenvalue weighted by Gasteiger charge is 2.18. The molecular formula is C69H133NO5. The summed E-state index contributed by atoms with van der Waals surface area (Å²) in [5, 5.41) is 23.2. The number of aliphatic hydroxyl groups excluding tert-OH is 2. The first-order valence-electron chi connectivity index (χ1n) is 34.1. The molecule has 0 aliphatic rings. The molecule has 6 heteroatoms. The number of esters is 1. The highest BCUT2D eigenvalue weighted by Crippen LogP contribution is 2.18. The van der Waals surface area contributed by atoms with Crippen molar-refractivity contribution in [2.75, 3.05) is 13.2 Å². The largest absolute Gasteiger partial charge is 0.466 e. The second-order valence-electron chi connectivity index (χ2n) is 23.5. The summed E-state index contributed by atoms with van der Waals surface area (Å²) in [6.45, 7) is 4.94. The molecule has 3 N–H and O–H groups in total. The van der Waals surface area contributed by atoms with Gasteiger partial charge in [0, 0.05) is 12.8 Å². The minimum absolute atomic E-state index is 0.0160. The number of aliphatic hydroxyl groups is 2. The molecule has 444 valence electrons. The third-order valence-corrected chi connectivity index (χ3v) is 16.0. The Morgan fingerprint density at radius 2 is 0.627 bits per heavy atom. The summed E-state index contributed by atoms with van der Waals surface area (Å²) in [5.74, 6) is -0.0555. The van der Waals surface area contributed by atoms with Gasteiger partial charge in [-0.25, -0.2) is 0 Å². The third-order valence-electron chi connectivity index (χ3n) is 16.0. The highest BCUT2D eigenvalue weighted by atomic mass is 16.5. The number of hydrogen-bond donors (Lipinski definition) is 3. The van der Waals surface area contributed by atoms with Crippen LogP contribution in [0, 0.1) is 0 Å². The molecule has 0 aliphatic heterocycles. The van der Waals surface area contributed by atoms with Crippen molar-refractivity contribution in [1.82, 2.24) is 5.32 Å². The third kappa shape index (κ3) is 61.4. The molecule has 0 radical (unpaired) electrons. The van der Waals surface area contributed by atoms with Crippen LogP contribution >= 0.6 is 0 Å². The molecular weight excluding hydrogens is 923 g/mol. The molecule has 75 heavy (non-hydrogen) atoms. The van der Waals surface area contributed by atoms with Gasteiger partial charge in [-0.1, -0.05) is 334 Å². The van der Waals surface area contributed by atoms with E-state index in [2.05, 4.69) is 31.3 Å². The van der Waals surface area contributed by atoms with Crippen molar-refractivity contribution >= 4 is 11.9 Å². The lowest BCUT2D eigenvalue weighted by Crippen LogP contribution is -2.45. The Morgan fingerprint density at radius 1 is 0.360 bits per heavy atom. The van der Waals surface area contributed by atoms with Crippen LogP contribution in [0.15, 0.2) is 24.3 Å². The van der Waals surface area contributed by atoms with Crippen LogP contribution in [0.5, 0.6) is 0 Å². The van der Waals surface area contributed by atoms with E-state index in [9.17, 15) is 19.8 Å². The second kappa shape index (κ2) is 64.9. The Morgan fingerprint density at radius 3 is 0.947 bits per heavy atom. The Labute approximate surface area is 469 Å². The molecule has 6 nitrogen and oxygen atoms in total. The summed E-state index contributed by atoms with van der Waals surface area (Å²) in [5.41, 5.74) is 0. The molecule has 0 heterocycles. The van der Waals surface area contributed by atoms with Crippen molar-refractivity contribution in [3.05, 3.63) is 24.3 Å². The molecule has 1 amide bonds. The number of ether oxygens (including phenoxy) is 1. The topological polar surface area (TPSA) is 95.9 Å². The number of allylic oxidation sites excluding steroid dienone is 3. The molecule has 0 aliphatic carbocycles. The van der Waals surface area contributed by atoms with Gasteiger partial charge in [-0.05, 0) is 57.8 Å². The Hall–Kier alpha value is -1.66. The fourth-order valence-corrected chi connectivity index (χ4v) is 10.7. The van der Waals surface area contributed by atoms with Gasteiger partial charge in [-0.15, -0.1) is 0 Å². The Balaban J connectivity index is 3.41. The van der Waals surface area contributed by atoms with Crippen LogP contribution in [-0.2, 0) is 14.3 Å². The van der Waals surface area contributed by atoms with E-state index in [-0.39, 0.29) is 18.5 Å². The molecule has 0 aromatic heterocycles. The van der Waals surface area contributed by atoms with Crippen molar-refractivity contribution in [1.29, 1.82) is 0 Å². The summed E-state index contributed by atoms with van der Waals surface area (Å²) in [6.07, 6.45) is 81.0. The van der Waals surface area contributed by atoms with Crippen LogP contribution < -0.4 is 5.32 Å². The highest BCUT2D eigenvalue weighted by molar-refractivity contribution is 5.76. The van der Waals surface area contributed by atoms with Gasteiger partial charge in [0.05, 0.1) is 25.4 Å². The quantitative estimate of drug-likeness (QED) is 0.0320. The minimum atomic E-state index is -0.848. The van der Waals surface area contributed by atoms with Crippen LogP contribution in [-0.4, -0.2) is 47.4 Å². The van der Waals surface area contributed by atoms with Crippen molar-refractivity contribution in [3.8, 4) is 0 Å². The van der Waals surface area contributed by atoms with Gasteiger partial charge in [0.25, 0.3) is 0 Å². The first kappa shape index (κ1) is 73.3. The monoisotopic (exact) mass is 1060 g/mol. The number of carbonyl (C=O) groups excluding carboxylic acids is 2. The van der Waals surface area contributed by atoms with E-state index in [4.69, 9.17) is 4.74 Å². The maximum atomic E-state index is 12.5. The average molecular weight is 1060 g/mol. The number of hydrogen-bond acceptors (Lipinski definition) is 5. The second-order valence-corrected chi connectivity index (χ2v) is 23.5. The van der Waals surface area contributed by atoms with E-state index < -0.39 is 12.1 Å². The van der Waals surface area contributed by atoms with Crippen LogP contribution in [0.4, 0.5) is 0 Å². The predicted molar refractivity (Wildman–Crippen MR) is 329 cm³/mol. The zero-order valence-corrected chi connectivity index (χ0v) is 50.8. The van der Waals surface area contributed by atoms with Crippen LogP contribution in [0.2, 0.25) is 0 Å². The number of nitrogens with one attached hydrogen (secondary N) is 1. The first-order chi connectivity index (χ1) is 37.0. The Kier molecular flexibility index (Phi) is 63.4. The molecule has 2 unspecified atom stereocenters. The summed E-state index contributed by atoms with van der Waals surface area (Å²) >= 11 is 0. The normalized spacial score (nSPS) is 12.6. The van der Waals surface area contributed by atoms with Gasteiger partial charge in [0.2, 0.25) is 5.91 Å². The molecule has 0 rings (SSSR count). The molecule has 0 aromatic carbocycles. The lowest BCUT2D eigenvalue weighted by molar-refractivity contribution is -0.143. The van der Waals surface area contributed by atoms with Crippen LogP contribution in [0.3, 0.4) is 0 Å². The molecule has 0 bridgehead atoms. The molecule has 0 aromatic rings. The first-order valence-corrected chi connectivity index (χ1v) is 34.1. The van der Waals surface area contributed by atoms with Gasteiger partial charge in [0.15, 0.2) is 0 Å². The maximum absolute atomic E-state index is 12.5. The van der Waals surface area contributed by atoms with Gasteiger partial charge < -0.3 is 20.3 Å². The van der Waals surface area contributed by atoms with Gasteiger partial charge in [-0.3, -0.25) is 9.59 Å². The van der Waals surface area contributed by atoms with E-state index in [1.165, 1.54) is 308 Å². The average Bonchev–Trinajstić information content (AvgIpc) is 3.41. The fourth-order valence-electron chi connectivity index (χ4n) is 10.7. The fraction of sp³-hybridized carbons (Fsp3) is 0.913. The van der Waals surface area contributed by atoms with E-state index in [1.54, 1.807) is 6.08 Å². The van der Waals surface area contributed by atoms with Crippen molar-refractivity contribution in [3.63, 3.8) is 0 Å². The minimum Gasteiger partial charge on any atom is -0.466 e. The summed E-state index contributed by atoms with van der Waals surface area (Å²) in [6, 6.07) is -0.632. The summed E-state index contributed by atoms with van der Waals surface area (Å²) in [7, 11) is 0. The van der Waals surface area contributed by atoms with Gasteiger partial charge >= 0.3 is 5.97 Å². The lowest BCUT2D eigenvalue weighted by atomic mass is 10.0. The van der Waals surface area contributed by atoms with Gasteiger partial charge in [0.1, 0.15) is 0 Å². The zero-order chi connectivity index (χ0) is 54.3. The van der Waals surface area contributed by atoms with Gasteiger partial charge in [-0.2, -0.15) is 0 Å². The van der Waals surface area contributed by atoms with Crippen molar-refractivity contribution in [2.45, 2.75) is 392 Å². The van der Waals surface area contributed by atoms with E-state index in [1.807, 2.05) is 6.08 Å². The SMILES string of the molecule is CCCCCCCCCCCCCCCCC/C=C/C(O)C(CO)NC(=O)CCCCCCCCC/C=C\CCCCCCCCCCCCCCOC(=O)CCCCCCCCCCCCCCCCCCCC. The smallest absolute Gasteiger partial charge is 0.305 e. The van der Waals surface area contributed by atoms with E-state index in [0.29, 0.717) is 19.4 Å². The molecule has 2 atom stereocenters. The summed E-state index contributed by atoms with van der Waals surface area (Å²) in [4.78, 5) is 24.6. The number of carbonyl (C=O) groups is 2. The van der Waals surface area contributed by atoms with E-state index in [0.717, 1.165) is 44.9 Å². The molecule has 0 fully saturated rings. The number of rotatable bonds is 64. The number of amides is 1. The Bertz CT molecular complexity index is 1170. The molecule has 0 saturated heterocycles. The standard InChI is InChI=1S/C69H133NO5/c1-3-5-7-9-11-13-15-17-19-21-31-35-39-43-47-51-55-59-63-69(74)75-64-60-56-52-48-44-40-36-32-28-26-24-22-23-25-27-30-34-38-42-46-50-54-58-62-68(73)70-66(65-71)67(72)61-57-53-49-45-41-37-33-29-20-18-16-14-12-10-8-6-4-2/h25,27,57,61,66-67,71-72H,3-24,26,28-56,58-60,62-65H2,1-2H3,(H,70,73)/b27-25-,61-57+. The maximum Gasteiger partial charge on any atom is 0.305 e.